The molecule has 0 aliphatic carbocycles. The minimum absolute atomic E-state index is 0.0499. The Labute approximate surface area is 103 Å². The van der Waals surface area contributed by atoms with Gasteiger partial charge in [-0.3, -0.25) is 9.59 Å². The van der Waals surface area contributed by atoms with Gasteiger partial charge in [0.25, 0.3) is 0 Å². The first-order chi connectivity index (χ1) is 7.93. The van der Waals surface area contributed by atoms with Crippen molar-refractivity contribution in [2.45, 2.75) is 52.2 Å². The largest absolute Gasteiger partial charge is 0.343 e. The minimum Gasteiger partial charge on any atom is -0.343 e. The summed E-state index contributed by atoms with van der Waals surface area (Å²) in [7, 11) is 0. The Hall–Kier alpha value is -1.50. The second-order valence-corrected chi connectivity index (χ2v) is 4.76. The summed E-state index contributed by atoms with van der Waals surface area (Å²) >= 11 is 0. The second-order valence-electron chi connectivity index (χ2n) is 4.76. The standard InChI is InChI=1S/C13H20N2O2/c1-6-10(7-2)15-11(8(3)4)12(16)14-9(5)13(15)17/h1,8-11H,7H2,2-5H3,(H,14,16). The molecule has 2 amide bonds. The van der Waals surface area contributed by atoms with Gasteiger partial charge in [0.05, 0.1) is 6.04 Å². The number of nitrogens with one attached hydrogen (secondary N) is 1. The van der Waals surface area contributed by atoms with Gasteiger partial charge in [-0.1, -0.05) is 26.7 Å². The zero-order valence-corrected chi connectivity index (χ0v) is 10.9. The highest BCUT2D eigenvalue weighted by molar-refractivity contribution is 5.97. The van der Waals surface area contributed by atoms with Crippen molar-refractivity contribution in [3.05, 3.63) is 0 Å². The van der Waals surface area contributed by atoms with Crippen LogP contribution in [0.1, 0.15) is 34.1 Å². The molecule has 1 N–H and O–H groups in total. The van der Waals surface area contributed by atoms with Crippen LogP contribution in [0.3, 0.4) is 0 Å². The molecular formula is C13H20N2O2. The SMILES string of the molecule is C#CC(CC)N1C(=O)C(C)NC(=O)C1C(C)C. The Kier molecular flexibility index (Phi) is 4.17. The molecule has 0 radical (unpaired) electrons. The third kappa shape index (κ3) is 2.44. The summed E-state index contributed by atoms with van der Waals surface area (Å²) in [6, 6.07) is -1.25. The van der Waals surface area contributed by atoms with Crippen molar-refractivity contribution >= 4 is 11.8 Å². The number of hydrogen-bond donors (Lipinski definition) is 1. The van der Waals surface area contributed by atoms with Crippen LogP contribution in [-0.4, -0.2) is 34.8 Å². The fourth-order valence-corrected chi connectivity index (χ4v) is 2.21. The average Bonchev–Trinajstić information content (AvgIpc) is 2.25. The average molecular weight is 236 g/mol. The molecule has 1 rings (SSSR count). The van der Waals surface area contributed by atoms with Crippen LogP contribution in [-0.2, 0) is 9.59 Å². The highest BCUT2D eigenvalue weighted by atomic mass is 16.2. The molecule has 17 heavy (non-hydrogen) atoms. The van der Waals surface area contributed by atoms with E-state index in [1.165, 1.54) is 0 Å². The molecule has 1 aliphatic rings. The molecule has 3 unspecified atom stereocenters. The summed E-state index contributed by atoms with van der Waals surface area (Å²) in [4.78, 5) is 25.7. The fraction of sp³-hybridized carbons (Fsp3) is 0.692. The zero-order chi connectivity index (χ0) is 13.2. The number of rotatable bonds is 3. The Morgan fingerprint density at radius 1 is 1.47 bits per heavy atom. The summed E-state index contributed by atoms with van der Waals surface area (Å²) in [5.41, 5.74) is 0. The van der Waals surface area contributed by atoms with Crippen molar-refractivity contribution in [3.8, 4) is 12.3 Å². The number of amides is 2. The first kappa shape index (κ1) is 13.6. The smallest absolute Gasteiger partial charge is 0.246 e. The van der Waals surface area contributed by atoms with Crippen LogP contribution in [0.15, 0.2) is 0 Å². The van der Waals surface area contributed by atoms with Gasteiger partial charge in [0.2, 0.25) is 11.8 Å². The highest BCUT2D eigenvalue weighted by Crippen LogP contribution is 2.21. The van der Waals surface area contributed by atoms with E-state index in [2.05, 4.69) is 11.2 Å². The number of hydrogen-bond acceptors (Lipinski definition) is 2. The van der Waals surface area contributed by atoms with Gasteiger partial charge in [0.15, 0.2) is 0 Å². The molecule has 4 heteroatoms. The van der Waals surface area contributed by atoms with Crippen molar-refractivity contribution in [3.63, 3.8) is 0 Å². The van der Waals surface area contributed by atoms with Gasteiger partial charge >= 0.3 is 0 Å². The number of carbonyl (C=O) groups excluding carboxylic acids is 2. The normalized spacial score (nSPS) is 26.7. The lowest BCUT2D eigenvalue weighted by molar-refractivity contribution is -0.152. The van der Waals surface area contributed by atoms with Crippen LogP contribution in [0.4, 0.5) is 0 Å². The van der Waals surface area contributed by atoms with Gasteiger partial charge in [-0.05, 0) is 19.3 Å². The summed E-state index contributed by atoms with van der Waals surface area (Å²) < 4.78 is 0. The third-order valence-corrected chi connectivity index (χ3v) is 3.10. The van der Waals surface area contributed by atoms with Gasteiger partial charge in [-0.2, -0.15) is 0 Å². The number of terminal acetylenes is 1. The lowest BCUT2D eigenvalue weighted by Crippen LogP contribution is -2.66. The summed E-state index contributed by atoms with van der Waals surface area (Å²) in [6.45, 7) is 7.45. The Bertz CT molecular complexity index is 357. The van der Waals surface area contributed by atoms with E-state index in [1.807, 2.05) is 20.8 Å². The Morgan fingerprint density at radius 3 is 2.47 bits per heavy atom. The molecule has 1 aliphatic heterocycles. The van der Waals surface area contributed by atoms with Gasteiger partial charge < -0.3 is 10.2 Å². The van der Waals surface area contributed by atoms with E-state index in [0.29, 0.717) is 6.42 Å². The van der Waals surface area contributed by atoms with Crippen molar-refractivity contribution in [1.29, 1.82) is 0 Å². The quantitative estimate of drug-likeness (QED) is 0.736. The molecule has 0 bridgehead atoms. The van der Waals surface area contributed by atoms with E-state index in [9.17, 15) is 9.59 Å². The van der Waals surface area contributed by atoms with Gasteiger partial charge in [0, 0.05) is 0 Å². The van der Waals surface area contributed by atoms with E-state index in [0.717, 1.165) is 0 Å². The van der Waals surface area contributed by atoms with Crippen LogP contribution >= 0.6 is 0 Å². The van der Waals surface area contributed by atoms with Crippen molar-refractivity contribution in [2.75, 3.05) is 0 Å². The fourth-order valence-electron chi connectivity index (χ4n) is 2.21. The maximum absolute atomic E-state index is 12.2. The first-order valence-electron chi connectivity index (χ1n) is 6.02. The Balaban J connectivity index is 3.11. The van der Waals surface area contributed by atoms with Crippen molar-refractivity contribution < 1.29 is 9.59 Å². The molecule has 4 nitrogen and oxygen atoms in total. The molecule has 94 valence electrons. The molecule has 0 spiro atoms. The predicted molar refractivity (Wildman–Crippen MR) is 66.0 cm³/mol. The second kappa shape index (κ2) is 5.22. The summed E-state index contributed by atoms with van der Waals surface area (Å²) in [5, 5.41) is 2.69. The maximum atomic E-state index is 12.2. The van der Waals surface area contributed by atoms with Crippen molar-refractivity contribution in [1.82, 2.24) is 10.2 Å². The lowest BCUT2D eigenvalue weighted by atomic mass is 9.95. The van der Waals surface area contributed by atoms with Gasteiger partial charge in [-0.15, -0.1) is 6.42 Å². The van der Waals surface area contributed by atoms with E-state index in [-0.39, 0.29) is 23.8 Å². The summed E-state index contributed by atoms with van der Waals surface area (Å²) in [5.74, 6) is 2.45. The van der Waals surface area contributed by atoms with E-state index in [4.69, 9.17) is 6.42 Å². The lowest BCUT2D eigenvalue weighted by Gasteiger charge is -2.42. The predicted octanol–water partition coefficient (Wildman–Crippen LogP) is 0.770. The van der Waals surface area contributed by atoms with E-state index >= 15 is 0 Å². The molecule has 0 aromatic carbocycles. The Morgan fingerprint density at radius 2 is 2.06 bits per heavy atom. The molecule has 1 saturated heterocycles. The van der Waals surface area contributed by atoms with E-state index < -0.39 is 12.1 Å². The summed E-state index contributed by atoms with van der Waals surface area (Å²) in [6.07, 6.45) is 6.11. The number of nitrogens with zero attached hydrogens (tertiary/aromatic N) is 1. The minimum atomic E-state index is -0.486. The first-order valence-corrected chi connectivity index (χ1v) is 6.02. The molecule has 1 fully saturated rings. The van der Waals surface area contributed by atoms with Crippen LogP contribution in [0.5, 0.6) is 0 Å². The maximum Gasteiger partial charge on any atom is 0.246 e. The highest BCUT2D eigenvalue weighted by Gasteiger charge is 2.42. The zero-order valence-electron chi connectivity index (χ0n) is 10.9. The van der Waals surface area contributed by atoms with Gasteiger partial charge in [0.1, 0.15) is 12.1 Å². The van der Waals surface area contributed by atoms with Crippen LogP contribution in [0, 0.1) is 18.3 Å². The van der Waals surface area contributed by atoms with Crippen LogP contribution in [0.25, 0.3) is 0 Å². The van der Waals surface area contributed by atoms with Crippen LogP contribution < -0.4 is 5.32 Å². The third-order valence-electron chi connectivity index (χ3n) is 3.10. The monoisotopic (exact) mass is 236 g/mol. The molecule has 0 aromatic rings. The molecular weight excluding hydrogens is 216 g/mol. The van der Waals surface area contributed by atoms with Crippen molar-refractivity contribution in [2.24, 2.45) is 5.92 Å². The van der Waals surface area contributed by atoms with Gasteiger partial charge in [-0.25, -0.2) is 0 Å². The van der Waals surface area contributed by atoms with E-state index in [1.54, 1.807) is 11.8 Å². The number of piperazine rings is 1. The topological polar surface area (TPSA) is 49.4 Å². The molecule has 0 aromatic heterocycles. The van der Waals surface area contributed by atoms with Crippen LogP contribution in [0.2, 0.25) is 0 Å². The molecule has 0 saturated carbocycles. The number of carbonyl (C=O) groups is 2. The molecule has 1 heterocycles. The molecule has 3 atom stereocenters.